The van der Waals surface area contributed by atoms with Gasteiger partial charge < -0.3 is 11.1 Å². The van der Waals surface area contributed by atoms with Crippen molar-refractivity contribution in [3.8, 4) is 0 Å². The van der Waals surface area contributed by atoms with Crippen LogP contribution in [0, 0.1) is 0 Å². The lowest BCUT2D eigenvalue weighted by Gasteiger charge is -1.96. The Hall–Kier alpha value is -0.990. The first-order valence-electron chi connectivity index (χ1n) is 2.79. The summed E-state index contributed by atoms with van der Waals surface area (Å²) in [6.45, 7) is 3.96. The molecule has 0 aromatic carbocycles. The van der Waals surface area contributed by atoms with Gasteiger partial charge in [-0.2, -0.15) is 0 Å². The summed E-state index contributed by atoms with van der Waals surface area (Å²) in [6.07, 6.45) is 1.81. The number of nitrogens with one attached hydrogen (secondary N) is 1. The third-order valence-corrected chi connectivity index (χ3v) is 0.750. The van der Waals surface area contributed by atoms with Crippen molar-refractivity contribution in [2.45, 2.75) is 13.8 Å². The summed E-state index contributed by atoms with van der Waals surface area (Å²) in [7, 11) is 1.64. The number of nitrogens with zero attached hydrogens (tertiary/aromatic N) is 1. The van der Waals surface area contributed by atoms with Gasteiger partial charge in [-0.1, -0.05) is 5.57 Å². The molecule has 52 valence electrons. The third kappa shape index (κ3) is 4.87. The van der Waals surface area contributed by atoms with Gasteiger partial charge in [0.25, 0.3) is 0 Å². The van der Waals surface area contributed by atoms with Gasteiger partial charge in [-0.25, -0.2) is 0 Å². The Morgan fingerprint density at radius 2 is 2.11 bits per heavy atom. The summed E-state index contributed by atoms with van der Waals surface area (Å²) >= 11 is 0. The van der Waals surface area contributed by atoms with E-state index >= 15 is 0 Å². The van der Waals surface area contributed by atoms with Crippen LogP contribution in [0.15, 0.2) is 16.8 Å². The highest BCUT2D eigenvalue weighted by molar-refractivity contribution is 5.78. The van der Waals surface area contributed by atoms with Crippen LogP contribution in [0.3, 0.4) is 0 Å². The van der Waals surface area contributed by atoms with Gasteiger partial charge in [0.1, 0.15) is 0 Å². The second kappa shape index (κ2) is 3.95. The maximum atomic E-state index is 5.32. The van der Waals surface area contributed by atoms with Gasteiger partial charge in [-0.05, 0) is 13.8 Å². The van der Waals surface area contributed by atoms with E-state index in [-0.39, 0.29) is 0 Å². The third-order valence-electron chi connectivity index (χ3n) is 0.750. The molecule has 0 heterocycles. The minimum Gasteiger partial charge on any atom is -0.370 e. The maximum Gasteiger partial charge on any atom is 0.192 e. The monoisotopic (exact) mass is 127 g/mol. The molecule has 0 amide bonds. The van der Waals surface area contributed by atoms with Gasteiger partial charge in [0.05, 0.1) is 0 Å². The predicted octanol–water partition coefficient (Wildman–Crippen LogP) is 0.444. The zero-order valence-corrected chi connectivity index (χ0v) is 6.10. The van der Waals surface area contributed by atoms with Crippen molar-refractivity contribution in [1.82, 2.24) is 5.32 Å². The minimum atomic E-state index is 0.441. The van der Waals surface area contributed by atoms with Gasteiger partial charge in [0, 0.05) is 13.2 Å². The molecule has 0 saturated carbocycles. The van der Waals surface area contributed by atoms with E-state index in [4.69, 9.17) is 5.73 Å². The smallest absolute Gasteiger partial charge is 0.192 e. The Balaban J connectivity index is 3.64. The van der Waals surface area contributed by atoms with Gasteiger partial charge in [-0.3, -0.25) is 4.99 Å². The summed E-state index contributed by atoms with van der Waals surface area (Å²) in [4.78, 5) is 3.70. The van der Waals surface area contributed by atoms with E-state index in [1.165, 1.54) is 5.57 Å². The Kier molecular flexibility index (Phi) is 3.51. The molecule has 3 nitrogen and oxygen atoms in total. The van der Waals surface area contributed by atoms with Crippen molar-refractivity contribution in [3.05, 3.63) is 11.8 Å². The molecule has 0 aromatic rings. The van der Waals surface area contributed by atoms with Crippen LogP contribution in [0.5, 0.6) is 0 Å². The summed E-state index contributed by atoms with van der Waals surface area (Å²) in [5.41, 5.74) is 6.48. The fourth-order valence-corrected chi connectivity index (χ4v) is 0.283. The molecule has 0 saturated heterocycles. The topological polar surface area (TPSA) is 50.4 Å². The highest BCUT2D eigenvalue weighted by Crippen LogP contribution is 1.82. The van der Waals surface area contributed by atoms with Crippen LogP contribution in [0.1, 0.15) is 13.8 Å². The molecule has 3 heteroatoms. The highest BCUT2D eigenvalue weighted by Gasteiger charge is 1.80. The molecule has 0 rings (SSSR count). The van der Waals surface area contributed by atoms with Crippen molar-refractivity contribution in [2.24, 2.45) is 10.7 Å². The lowest BCUT2D eigenvalue weighted by atomic mass is 10.4. The van der Waals surface area contributed by atoms with Crippen LogP contribution >= 0.6 is 0 Å². The SMILES string of the molecule is CN=C(N)NC=C(C)C. The highest BCUT2D eigenvalue weighted by atomic mass is 15.1. The van der Waals surface area contributed by atoms with E-state index in [1.54, 1.807) is 7.05 Å². The van der Waals surface area contributed by atoms with Crippen LogP contribution in [0.25, 0.3) is 0 Å². The molecule has 0 aliphatic heterocycles. The number of nitrogens with two attached hydrogens (primary N) is 1. The molecular weight excluding hydrogens is 114 g/mol. The number of allylic oxidation sites excluding steroid dienone is 1. The summed E-state index contributed by atoms with van der Waals surface area (Å²) < 4.78 is 0. The van der Waals surface area contributed by atoms with Gasteiger partial charge in [0.15, 0.2) is 5.96 Å². The van der Waals surface area contributed by atoms with E-state index < -0.39 is 0 Å². The maximum absolute atomic E-state index is 5.32. The molecule has 0 bridgehead atoms. The Bertz CT molecular complexity index is 131. The molecule has 0 spiro atoms. The van der Waals surface area contributed by atoms with Crippen LogP contribution in [0.2, 0.25) is 0 Å². The molecule has 0 atom stereocenters. The van der Waals surface area contributed by atoms with Gasteiger partial charge >= 0.3 is 0 Å². The number of aliphatic imine (C=N–C) groups is 1. The molecule has 0 aliphatic carbocycles. The summed E-state index contributed by atoms with van der Waals surface area (Å²) in [5.74, 6) is 0.441. The van der Waals surface area contributed by atoms with Crippen LogP contribution in [-0.2, 0) is 0 Å². The van der Waals surface area contributed by atoms with Gasteiger partial charge in [-0.15, -0.1) is 0 Å². The lowest BCUT2D eigenvalue weighted by Crippen LogP contribution is -2.26. The predicted molar refractivity (Wildman–Crippen MR) is 40.1 cm³/mol. The van der Waals surface area contributed by atoms with E-state index in [9.17, 15) is 0 Å². The van der Waals surface area contributed by atoms with Crippen LogP contribution in [-0.4, -0.2) is 13.0 Å². The quantitative estimate of drug-likeness (QED) is 0.397. The van der Waals surface area contributed by atoms with Crippen molar-refractivity contribution >= 4 is 5.96 Å². The summed E-state index contributed by atoms with van der Waals surface area (Å²) in [6, 6.07) is 0. The van der Waals surface area contributed by atoms with Crippen molar-refractivity contribution in [2.75, 3.05) is 7.05 Å². The second-order valence-corrected chi connectivity index (χ2v) is 1.97. The standard InChI is InChI=1S/C6H13N3/c1-5(2)4-9-6(7)8-3/h4H,1-3H3,(H3,7,8,9). The van der Waals surface area contributed by atoms with Crippen molar-refractivity contribution < 1.29 is 0 Å². The molecular formula is C6H13N3. The average Bonchev–Trinajstić information content (AvgIpc) is 1.83. The Morgan fingerprint density at radius 3 is 2.44 bits per heavy atom. The van der Waals surface area contributed by atoms with E-state index in [2.05, 4.69) is 10.3 Å². The molecule has 0 aliphatic rings. The Labute approximate surface area is 55.7 Å². The number of hydrogen-bond acceptors (Lipinski definition) is 1. The molecule has 3 N–H and O–H groups in total. The van der Waals surface area contributed by atoms with E-state index in [0.717, 1.165) is 0 Å². The number of hydrogen-bond donors (Lipinski definition) is 2. The van der Waals surface area contributed by atoms with E-state index in [1.807, 2.05) is 20.0 Å². The molecule has 0 radical (unpaired) electrons. The first kappa shape index (κ1) is 8.01. The lowest BCUT2D eigenvalue weighted by molar-refractivity contribution is 1.16. The zero-order valence-electron chi connectivity index (χ0n) is 6.10. The summed E-state index contributed by atoms with van der Waals surface area (Å²) in [5, 5.41) is 2.80. The van der Waals surface area contributed by atoms with E-state index in [0.29, 0.717) is 5.96 Å². The van der Waals surface area contributed by atoms with Gasteiger partial charge in [0.2, 0.25) is 0 Å². The average molecular weight is 127 g/mol. The number of guanidine groups is 1. The largest absolute Gasteiger partial charge is 0.370 e. The van der Waals surface area contributed by atoms with Crippen LogP contribution < -0.4 is 11.1 Å². The van der Waals surface area contributed by atoms with Crippen LogP contribution in [0.4, 0.5) is 0 Å². The zero-order chi connectivity index (χ0) is 7.28. The molecule has 9 heavy (non-hydrogen) atoms. The first-order chi connectivity index (χ1) is 4.16. The fraction of sp³-hybridized carbons (Fsp3) is 0.500. The fourth-order valence-electron chi connectivity index (χ4n) is 0.283. The minimum absolute atomic E-state index is 0.441. The normalized spacial score (nSPS) is 10.8. The Morgan fingerprint density at radius 1 is 1.56 bits per heavy atom. The first-order valence-corrected chi connectivity index (χ1v) is 2.79. The van der Waals surface area contributed by atoms with Crippen molar-refractivity contribution in [1.29, 1.82) is 0 Å². The number of rotatable bonds is 1. The molecule has 0 aromatic heterocycles. The molecule has 0 unspecified atom stereocenters. The molecule has 0 fully saturated rings. The van der Waals surface area contributed by atoms with Crippen molar-refractivity contribution in [3.63, 3.8) is 0 Å². The second-order valence-electron chi connectivity index (χ2n) is 1.97.